The summed E-state index contributed by atoms with van der Waals surface area (Å²) in [6, 6.07) is 33.3. The van der Waals surface area contributed by atoms with Gasteiger partial charge in [-0.2, -0.15) is 0 Å². The topological polar surface area (TPSA) is 25.2 Å². The predicted octanol–water partition coefficient (Wildman–Crippen LogP) is 6.01. The van der Waals surface area contributed by atoms with Gasteiger partial charge >= 0.3 is 0 Å². The normalized spacial score (nSPS) is 13.2. The highest BCUT2D eigenvalue weighted by atomic mass is 16.2. The molecule has 4 aromatic rings. The Morgan fingerprint density at radius 3 is 2.10 bits per heavy atom. The Bertz CT molecular complexity index is 1140. The van der Waals surface area contributed by atoms with Gasteiger partial charge in [-0.15, -0.1) is 0 Å². The summed E-state index contributed by atoms with van der Waals surface area (Å²) >= 11 is 0. The zero-order valence-corrected chi connectivity index (χ0v) is 17.5. The van der Waals surface area contributed by atoms with Crippen molar-refractivity contribution >= 4 is 5.91 Å². The van der Waals surface area contributed by atoms with Crippen LogP contribution in [0.1, 0.15) is 34.5 Å². The molecule has 1 aliphatic carbocycles. The lowest BCUT2D eigenvalue weighted by Gasteiger charge is -2.24. The fourth-order valence-electron chi connectivity index (χ4n) is 4.06. The van der Waals surface area contributed by atoms with Gasteiger partial charge in [-0.25, -0.2) is 0 Å². The van der Waals surface area contributed by atoms with Crippen LogP contribution in [0.2, 0.25) is 0 Å². The largest absolute Gasteiger partial charge is 0.345 e. The fourth-order valence-corrected chi connectivity index (χ4v) is 4.06. The lowest BCUT2D eigenvalue weighted by Crippen LogP contribution is -2.33. The van der Waals surface area contributed by atoms with E-state index in [0.29, 0.717) is 12.6 Å². The van der Waals surface area contributed by atoms with E-state index < -0.39 is 0 Å². The lowest BCUT2D eigenvalue weighted by molar-refractivity contribution is 0.0726. The van der Waals surface area contributed by atoms with E-state index in [9.17, 15) is 4.79 Å². The number of benzene rings is 3. The highest BCUT2D eigenvalue weighted by Gasteiger charge is 2.33. The first-order chi connectivity index (χ1) is 15.3. The van der Waals surface area contributed by atoms with Crippen LogP contribution in [0.5, 0.6) is 0 Å². The van der Waals surface area contributed by atoms with E-state index in [2.05, 4.69) is 59.3 Å². The average Bonchev–Trinajstić information content (AvgIpc) is 3.58. The van der Waals surface area contributed by atoms with Gasteiger partial charge in [0.05, 0.1) is 6.54 Å². The third kappa shape index (κ3) is 4.46. The highest BCUT2D eigenvalue weighted by molar-refractivity contribution is 5.95. The minimum atomic E-state index is 0.120. The highest BCUT2D eigenvalue weighted by Crippen LogP contribution is 2.30. The van der Waals surface area contributed by atoms with Gasteiger partial charge in [0, 0.05) is 30.0 Å². The van der Waals surface area contributed by atoms with Gasteiger partial charge in [0.25, 0.3) is 5.91 Å². The molecule has 154 valence electrons. The van der Waals surface area contributed by atoms with E-state index in [0.717, 1.165) is 30.5 Å². The summed E-state index contributed by atoms with van der Waals surface area (Å²) in [5, 5.41) is 0. The molecular weight excluding hydrogens is 380 g/mol. The molecule has 31 heavy (non-hydrogen) atoms. The summed E-state index contributed by atoms with van der Waals surface area (Å²) in [5.41, 5.74) is 5.49. The maximum atomic E-state index is 13.4. The molecule has 0 unspecified atom stereocenters. The van der Waals surface area contributed by atoms with Gasteiger partial charge in [0.2, 0.25) is 0 Å². The first-order valence-corrected chi connectivity index (χ1v) is 10.9. The smallest absolute Gasteiger partial charge is 0.254 e. The third-order valence-electron chi connectivity index (χ3n) is 5.94. The molecule has 5 rings (SSSR count). The van der Waals surface area contributed by atoms with Crippen molar-refractivity contribution in [2.75, 3.05) is 0 Å². The molecule has 3 heteroatoms. The van der Waals surface area contributed by atoms with E-state index >= 15 is 0 Å². The van der Waals surface area contributed by atoms with Crippen LogP contribution in [0.4, 0.5) is 0 Å². The van der Waals surface area contributed by atoms with Crippen LogP contribution in [-0.4, -0.2) is 21.4 Å². The number of carbonyl (C=O) groups is 1. The molecule has 1 heterocycles. The first-order valence-electron chi connectivity index (χ1n) is 10.9. The van der Waals surface area contributed by atoms with Crippen LogP contribution >= 0.6 is 0 Å². The molecule has 0 radical (unpaired) electrons. The molecule has 0 saturated heterocycles. The second-order valence-corrected chi connectivity index (χ2v) is 8.22. The van der Waals surface area contributed by atoms with Gasteiger partial charge in [0.15, 0.2) is 0 Å². The number of carbonyl (C=O) groups excluding carboxylic acids is 1. The van der Waals surface area contributed by atoms with Gasteiger partial charge in [-0.3, -0.25) is 4.79 Å². The van der Waals surface area contributed by atoms with Gasteiger partial charge in [-0.1, -0.05) is 72.8 Å². The monoisotopic (exact) mass is 406 g/mol. The summed E-state index contributed by atoms with van der Waals surface area (Å²) in [4.78, 5) is 15.4. The molecule has 3 nitrogen and oxygen atoms in total. The van der Waals surface area contributed by atoms with Crippen molar-refractivity contribution in [3.8, 4) is 11.1 Å². The number of hydrogen-bond donors (Lipinski definition) is 0. The Hall–Kier alpha value is -3.59. The number of rotatable bonds is 7. The number of aromatic nitrogens is 1. The molecular formula is C28H26N2O. The van der Waals surface area contributed by atoms with Crippen molar-refractivity contribution in [3.05, 3.63) is 120 Å². The molecule has 1 saturated carbocycles. The van der Waals surface area contributed by atoms with Crippen LogP contribution < -0.4 is 0 Å². The predicted molar refractivity (Wildman–Crippen MR) is 125 cm³/mol. The zero-order valence-electron chi connectivity index (χ0n) is 17.5. The average molecular weight is 407 g/mol. The van der Waals surface area contributed by atoms with Crippen molar-refractivity contribution in [1.82, 2.24) is 9.47 Å². The van der Waals surface area contributed by atoms with Crippen LogP contribution in [0.15, 0.2) is 103 Å². The molecule has 0 aliphatic heterocycles. The van der Waals surface area contributed by atoms with Crippen molar-refractivity contribution in [2.24, 2.45) is 0 Å². The van der Waals surface area contributed by atoms with Crippen molar-refractivity contribution in [2.45, 2.75) is 32.0 Å². The van der Waals surface area contributed by atoms with Gasteiger partial charge < -0.3 is 9.47 Å². The minimum absolute atomic E-state index is 0.120. The standard InChI is InChI=1S/C28H26N2O/c31-28(25-15-13-24(14-16-25)23-10-5-2-6-11-23)30(26-17-18-26)21-27-12-7-19-29(27)20-22-8-3-1-4-9-22/h1-16,19,26H,17-18,20-21H2. The van der Waals surface area contributed by atoms with E-state index in [4.69, 9.17) is 0 Å². The van der Waals surface area contributed by atoms with E-state index in [1.165, 1.54) is 16.8 Å². The molecule has 0 atom stereocenters. The Balaban J connectivity index is 1.34. The minimum Gasteiger partial charge on any atom is -0.345 e. The lowest BCUT2D eigenvalue weighted by atomic mass is 10.0. The SMILES string of the molecule is O=C(c1ccc(-c2ccccc2)cc1)N(Cc1cccn1Cc1ccccc1)C1CC1. The summed E-state index contributed by atoms with van der Waals surface area (Å²) in [6.45, 7) is 1.46. The quantitative estimate of drug-likeness (QED) is 0.369. The van der Waals surface area contributed by atoms with E-state index in [1.54, 1.807) is 0 Å². The Morgan fingerprint density at radius 1 is 0.774 bits per heavy atom. The Morgan fingerprint density at radius 2 is 1.42 bits per heavy atom. The van der Waals surface area contributed by atoms with Crippen LogP contribution in [0, 0.1) is 0 Å². The molecule has 3 aromatic carbocycles. The second kappa shape index (κ2) is 8.65. The molecule has 0 bridgehead atoms. The van der Waals surface area contributed by atoms with Crippen molar-refractivity contribution in [1.29, 1.82) is 0 Å². The number of amides is 1. The molecule has 1 fully saturated rings. The van der Waals surface area contributed by atoms with E-state index in [1.807, 2.05) is 53.4 Å². The number of hydrogen-bond acceptors (Lipinski definition) is 1. The summed E-state index contributed by atoms with van der Waals surface area (Å²) in [7, 11) is 0. The summed E-state index contributed by atoms with van der Waals surface area (Å²) in [5.74, 6) is 0.120. The molecule has 0 N–H and O–H groups in total. The zero-order chi connectivity index (χ0) is 21.0. The molecule has 1 aliphatic rings. The van der Waals surface area contributed by atoms with Gasteiger partial charge in [-0.05, 0) is 53.8 Å². The van der Waals surface area contributed by atoms with Gasteiger partial charge in [0.1, 0.15) is 0 Å². The number of nitrogens with zero attached hydrogens (tertiary/aromatic N) is 2. The maximum Gasteiger partial charge on any atom is 0.254 e. The van der Waals surface area contributed by atoms with Crippen LogP contribution in [0.25, 0.3) is 11.1 Å². The Labute approximate surface area is 183 Å². The summed E-state index contributed by atoms with van der Waals surface area (Å²) in [6.07, 6.45) is 4.28. The molecule has 0 spiro atoms. The molecule has 1 amide bonds. The molecule has 1 aromatic heterocycles. The van der Waals surface area contributed by atoms with Crippen LogP contribution in [-0.2, 0) is 13.1 Å². The maximum absolute atomic E-state index is 13.4. The fraction of sp³-hybridized carbons (Fsp3) is 0.179. The first kappa shape index (κ1) is 19.4. The third-order valence-corrected chi connectivity index (χ3v) is 5.94. The van der Waals surface area contributed by atoms with Crippen molar-refractivity contribution < 1.29 is 4.79 Å². The van der Waals surface area contributed by atoms with Crippen molar-refractivity contribution in [3.63, 3.8) is 0 Å². The summed E-state index contributed by atoms with van der Waals surface area (Å²) < 4.78 is 2.25. The second-order valence-electron chi connectivity index (χ2n) is 8.22. The van der Waals surface area contributed by atoms with Crippen LogP contribution in [0.3, 0.4) is 0 Å². The van der Waals surface area contributed by atoms with E-state index in [-0.39, 0.29) is 5.91 Å². The Kier molecular flexibility index (Phi) is 5.40.